The Kier molecular flexibility index (Phi) is 6.31. The smallest absolute Gasteiger partial charge is 0.418 e. The summed E-state index contributed by atoms with van der Waals surface area (Å²) in [4.78, 5) is 4.31. The molecule has 2 aromatic heterocycles. The predicted octanol–water partition coefficient (Wildman–Crippen LogP) is 8.58. The molecule has 0 unspecified atom stereocenters. The molecule has 0 bridgehead atoms. The van der Waals surface area contributed by atoms with Crippen LogP contribution in [0.1, 0.15) is 22.3 Å². The Morgan fingerprint density at radius 2 is 1.62 bits per heavy atom. The van der Waals surface area contributed by atoms with Crippen molar-refractivity contribution in [2.24, 2.45) is 7.05 Å². The first-order valence-electron chi connectivity index (χ1n) is 12.7. The summed E-state index contributed by atoms with van der Waals surface area (Å²) in [7, 11) is 2.00. The molecule has 6 aromatic rings. The number of ether oxygens (including phenoxy) is 1. The fourth-order valence-electron chi connectivity index (χ4n) is 5.25. The van der Waals surface area contributed by atoms with Crippen molar-refractivity contribution in [3.8, 4) is 16.9 Å². The van der Waals surface area contributed by atoms with E-state index in [9.17, 15) is 13.2 Å². The van der Waals surface area contributed by atoms with Crippen LogP contribution in [0.15, 0.2) is 109 Å². The lowest BCUT2D eigenvalue weighted by Gasteiger charge is -2.17. The first kappa shape index (κ1) is 24.7. The summed E-state index contributed by atoms with van der Waals surface area (Å²) in [5.74, 6) is 0.640. The minimum Gasteiger partial charge on any atom is -0.489 e. The Bertz CT molecular complexity index is 1790. The third-order valence-electron chi connectivity index (χ3n) is 7.02. The highest BCUT2D eigenvalue weighted by molar-refractivity contribution is 5.98. The molecule has 194 valence electrons. The van der Waals surface area contributed by atoms with Crippen molar-refractivity contribution in [2.45, 2.75) is 19.2 Å². The van der Waals surface area contributed by atoms with Crippen LogP contribution in [0.25, 0.3) is 32.9 Å². The van der Waals surface area contributed by atoms with Gasteiger partial charge in [0.15, 0.2) is 0 Å². The number of alkyl halides is 3. The SMILES string of the molecule is Cn1ccc2cccc(COc3cccc(-c4c(Cc5ccccc5)cnc5c(C(F)(F)F)cccc45)c3)c21. The van der Waals surface area contributed by atoms with Gasteiger partial charge in [0.1, 0.15) is 12.4 Å². The van der Waals surface area contributed by atoms with Gasteiger partial charge in [-0.3, -0.25) is 4.98 Å². The Labute approximate surface area is 224 Å². The van der Waals surface area contributed by atoms with Crippen molar-refractivity contribution < 1.29 is 17.9 Å². The van der Waals surface area contributed by atoms with Crippen LogP contribution in [0.3, 0.4) is 0 Å². The maximum absolute atomic E-state index is 13.9. The normalized spacial score (nSPS) is 11.8. The number of hydrogen-bond donors (Lipinski definition) is 0. The molecular formula is C33H25F3N2O. The second-order valence-electron chi connectivity index (χ2n) is 9.62. The Balaban J connectivity index is 1.44. The summed E-state index contributed by atoms with van der Waals surface area (Å²) in [5, 5.41) is 1.60. The van der Waals surface area contributed by atoms with Crippen molar-refractivity contribution in [3.63, 3.8) is 0 Å². The first-order valence-corrected chi connectivity index (χ1v) is 12.7. The van der Waals surface area contributed by atoms with Crippen molar-refractivity contribution in [2.75, 3.05) is 0 Å². The molecule has 0 aliphatic carbocycles. The van der Waals surface area contributed by atoms with Gasteiger partial charge in [0, 0.05) is 30.4 Å². The third kappa shape index (κ3) is 4.86. The van der Waals surface area contributed by atoms with Gasteiger partial charge in [-0.25, -0.2) is 0 Å². The van der Waals surface area contributed by atoms with Gasteiger partial charge in [-0.2, -0.15) is 13.2 Å². The maximum atomic E-state index is 13.9. The van der Waals surface area contributed by atoms with Crippen molar-refractivity contribution in [3.05, 3.63) is 132 Å². The number of rotatable bonds is 6. The summed E-state index contributed by atoms with van der Waals surface area (Å²) in [6.45, 7) is 0.366. The molecule has 2 heterocycles. The zero-order valence-corrected chi connectivity index (χ0v) is 21.2. The van der Waals surface area contributed by atoms with Crippen LogP contribution in [0.5, 0.6) is 5.75 Å². The number of aryl methyl sites for hydroxylation is 1. The van der Waals surface area contributed by atoms with Crippen LogP contribution in [0, 0.1) is 0 Å². The summed E-state index contributed by atoms with van der Waals surface area (Å²) < 4.78 is 49.9. The van der Waals surface area contributed by atoms with Crippen molar-refractivity contribution >= 4 is 21.8 Å². The zero-order valence-electron chi connectivity index (χ0n) is 21.2. The van der Waals surface area contributed by atoms with E-state index < -0.39 is 11.7 Å². The summed E-state index contributed by atoms with van der Waals surface area (Å²) in [5.41, 5.74) is 4.77. The van der Waals surface area contributed by atoms with Gasteiger partial charge in [-0.05, 0) is 58.3 Å². The monoisotopic (exact) mass is 522 g/mol. The van der Waals surface area contributed by atoms with Crippen molar-refractivity contribution in [1.82, 2.24) is 9.55 Å². The fraction of sp³-hybridized carbons (Fsp3) is 0.121. The Hall–Kier alpha value is -4.58. The predicted molar refractivity (Wildman–Crippen MR) is 149 cm³/mol. The molecule has 3 nitrogen and oxygen atoms in total. The van der Waals surface area contributed by atoms with E-state index in [1.165, 1.54) is 6.07 Å². The second-order valence-corrected chi connectivity index (χ2v) is 9.62. The largest absolute Gasteiger partial charge is 0.489 e. The van der Waals surface area contributed by atoms with Gasteiger partial charge >= 0.3 is 6.18 Å². The van der Waals surface area contributed by atoms with Crippen LogP contribution in [0.2, 0.25) is 0 Å². The van der Waals surface area contributed by atoms with Crippen LogP contribution in [0.4, 0.5) is 13.2 Å². The molecule has 4 aromatic carbocycles. The number of para-hydroxylation sites is 2. The van der Waals surface area contributed by atoms with E-state index >= 15 is 0 Å². The van der Waals surface area contributed by atoms with Gasteiger partial charge < -0.3 is 9.30 Å². The summed E-state index contributed by atoms with van der Waals surface area (Å²) >= 11 is 0. The highest BCUT2D eigenvalue weighted by atomic mass is 19.4. The van der Waals surface area contributed by atoms with E-state index in [1.807, 2.05) is 80.0 Å². The molecule has 0 radical (unpaired) electrons. The molecule has 0 aliphatic rings. The number of pyridine rings is 1. The number of nitrogens with zero attached hydrogens (tertiary/aromatic N) is 2. The number of fused-ring (bicyclic) bond motifs is 2. The standard InChI is InChI=1S/C33H25F3N2O/c1-38-17-16-23-10-5-12-25(32(23)38)21-39-27-13-6-11-24(19-27)30-26(18-22-8-3-2-4-9-22)20-37-31-28(30)14-7-15-29(31)33(34,35)36/h2-17,19-20H,18,21H2,1H3. The lowest BCUT2D eigenvalue weighted by Crippen LogP contribution is -2.07. The van der Waals surface area contributed by atoms with E-state index in [0.717, 1.165) is 44.8 Å². The topological polar surface area (TPSA) is 27.1 Å². The van der Waals surface area contributed by atoms with Crippen LogP contribution in [-0.4, -0.2) is 9.55 Å². The number of hydrogen-bond acceptors (Lipinski definition) is 2. The molecular weight excluding hydrogens is 497 g/mol. The van der Waals surface area contributed by atoms with Crippen LogP contribution in [-0.2, 0) is 26.3 Å². The van der Waals surface area contributed by atoms with E-state index in [0.29, 0.717) is 24.2 Å². The minimum absolute atomic E-state index is 0.0569. The summed E-state index contributed by atoms with van der Waals surface area (Å²) in [6.07, 6.45) is -0.375. The number of halogens is 3. The highest BCUT2D eigenvalue weighted by Crippen LogP contribution is 2.39. The van der Waals surface area contributed by atoms with E-state index in [-0.39, 0.29) is 5.52 Å². The van der Waals surface area contributed by atoms with Gasteiger partial charge in [0.05, 0.1) is 16.6 Å². The average molecular weight is 523 g/mol. The minimum atomic E-state index is -4.51. The molecule has 39 heavy (non-hydrogen) atoms. The molecule has 0 aliphatic heterocycles. The molecule has 0 amide bonds. The molecule has 0 saturated heterocycles. The molecule has 6 heteroatoms. The quantitative estimate of drug-likeness (QED) is 0.219. The van der Waals surface area contributed by atoms with Crippen molar-refractivity contribution in [1.29, 1.82) is 0 Å². The average Bonchev–Trinajstić information content (AvgIpc) is 3.33. The second kappa shape index (κ2) is 9.95. The van der Waals surface area contributed by atoms with Gasteiger partial charge in [0.25, 0.3) is 0 Å². The van der Waals surface area contributed by atoms with Gasteiger partial charge in [-0.15, -0.1) is 0 Å². The van der Waals surface area contributed by atoms with E-state index in [1.54, 1.807) is 12.3 Å². The lowest BCUT2D eigenvalue weighted by atomic mass is 9.92. The van der Waals surface area contributed by atoms with E-state index in [4.69, 9.17) is 4.74 Å². The Morgan fingerprint density at radius 1 is 0.821 bits per heavy atom. The molecule has 0 fully saturated rings. The summed E-state index contributed by atoms with van der Waals surface area (Å²) in [6, 6.07) is 29.8. The zero-order chi connectivity index (χ0) is 27.0. The van der Waals surface area contributed by atoms with Crippen LogP contribution < -0.4 is 4.74 Å². The highest BCUT2D eigenvalue weighted by Gasteiger charge is 2.33. The Morgan fingerprint density at radius 3 is 2.44 bits per heavy atom. The van der Waals surface area contributed by atoms with E-state index in [2.05, 4.69) is 21.7 Å². The molecule has 0 saturated carbocycles. The number of aromatic nitrogens is 2. The van der Waals surface area contributed by atoms with Gasteiger partial charge in [-0.1, -0.05) is 72.8 Å². The first-order chi connectivity index (χ1) is 18.9. The molecule has 0 spiro atoms. The molecule has 6 rings (SSSR count). The number of benzene rings is 4. The molecule has 0 atom stereocenters. The maximum Gasteiger partial charge on any atom is 0.418 e. The van der Waals surface area contributed by atoms with Gasteiger partial charge in [0.2, 0.25) is 0 Å². The lowest BCUT2D eigenvalue weighted by molar-refractivity contribution is -0.136. The third-order valence-corrected chi connectivity index (χ3v) is 7.02. The fourth-order valence-corrected chi connectivity index (χ4v) is 5.25. The molecule has 0 N–H and O–H groups in total. The van der Waals surface area contributed by atoms with Crippen LogP contribution >= 0.6 is 0 Å².